The zero-order valence-corrected chi connectivity index (χ0v) is 20.5. The first-order valence-electron chi connectivity index (χ1n) is 11.2. The molecule has 1 unspecified atom stereocenters. The van der Waals surface area contributed by atoms with Crippen LogP contribution in [0.1, 0.15) is 53.3 Å². The number of aromatic carboxylic acids is 1. The van der Waals surface area contributed by atoms with Crippen molar-refractivity contribution in [1.82, 2.24) is 0 Å². The van der Waals surface area contributed by atoms with Crippen LogP contribution in [0, 0.1) is 6.92 Å². The molecule has 11 heteroatoms. The number of benzene rings is 2. The molecule has 0 spiro atoms. The molecule has 1 aliphatic heterocycles. The van der Waals surface area contributed by atoms with Crippen LogP contribution in [0.5, 0.6) is 17.2 Å². The first kappa shape index (κ1) is 26.1. The van der Waals surface area contributed by atoms with Gasteiger partial charge in [0.15, 0.2) is 11.6 Å². The molecule has 0 saturated carbocycles. The molecular weight excluding hydrogens is 488 g/mol. The number of carboxylic acids is 1. The van der Waals surface area contributed by atoms with Gasteiger partial charge in [0.2, 0.25) is 0 Å². The highest BCUT2D eigenvalue weighted by Gasteiger charge is 2.43. The van der Waals surface area contributed by atoms with Crippen molar-refractivity contribution in [2.24, 2.45) is 0 Å². The molecule has 0 aromatic heterocycles. The quantitative estimate of drug-likeness (QED) is 0.371. The maximum absolute atomic E-state index is 13.9. The van der Waals surface area contributed by atoms with Gasteiger partial charge < -0.3 is 39.4 Å². The van der Waals surface area contributed by atoms with E-state index in [-0.39, 0.29) is 62.8 Å². The minimum absolute atomic E-state index is 0.00563. The molecule has 1 heterocycles. The molecule has 196 valence electrons. The molecule has 4 rings (SSSR count). The third-order valence-electron chi connectivity index (χ3n) is 6.75. The Hall–Kier alpha value is -3.93. The van der Waals surface area contributed by atoms with Gasteiger partial charge in [0.25, 0.3) is 0 Å². The molecule has 0 radical (unpaired) electrons. The standard InChI is InChI=1S/C26H26O11/c1-9-16-12(8-14(35-4)17(9)26(32)33)21(28)18-13(34-3)6-11(25(36-5)19(18)23(16)30)7-15-22(29)24(31)20(27)10(2)37-15/h6,8,15,20,22,24,27,29,31H,2,7H2,1,3-5H3,(H,32,33)/t15?,20-,22+,24+/m0/s1. The fourth-order valence-corrected chi connectivity index (χ4v) is 4.94. The summed E-state index contributed by atoms with van der Waals surface area (Å²) in [5.41, 5.74) is -0.251. The van der Waals surface area contributed by atoms with Gasteiger partial charge in [-0.05, 0) is 24.6 Å². The van der Waals surface area contributed by atoms with Crippen LogP contribution in [0.4, 0.5) is 0 Å². The lowest BCUT2D eigenvalue weighted by atomic mass is 9.78. The second-order valence-electron chi connectivity index (χ2n) is 8.74. The van der Waals surface area contributed by atoms with E-state index in [4.69, 9.17) is 18.9 Å². The first-order chi connectivity index (χ1) is 17.5. The molecule has 0 bridgehead atoms. The molecule has 2 aliphatic rings. The largest absolute Gasteiger partial charge is 0.496 e. The summed E-state index contributed by atoms with van der Waals surface area (Å²) in [6.45, 7) is 4.97. The molecular formula is C26H26O11. The van der Waals surface area contributed by atoms with E-state index < -0.39 is 42.0 Å². The van der Waals surface area contributed by atoms with E-state index >= 15 is 0 Å². The van der Waals surface area contributed by atoms with Crippen LogP contribution < -0.4 is 14.2 Å². The predicted molar refractivity (Wildman–Crippen MR) is 127 cm³/mol. The Morgan fingerprint density at radius 1 is 0.946 bits per heavy atom. The monoisotopic (exact) mass is 514 g/mol. The summed E-state index contributed by atoms with van der Waals surface area (Å²) < 4.78 is 21.7. The Kier molecular flexibility index (Phi) is 6.72. The van der Waals surface area contributed by atoms with Crippen LogP contribution in [0.25, 0.3) is 0 Å². The molecule has 2 aromatic rings. The second kappa shape index (κ2) is 9.51. The van der Waals surface area contributed by atoms with Gasteiger partial charge in [-0.1, -0.05) is 6.58 Å². The van der Waals surface area contributed by atoms with Gasteiger partial charge in [0.1, 0.15) is 53.0 Å². The predicted octanol–water partition coefficient (Wildman–Crippen LogP) is 1.03. The van der Waals surface area contributed by atoms with Crippen molar-refractivity contribution < 1.29 is 53.8 Å². The zero-order valence-electron chi connectivity index (χ0n) is 20.5. The normalized spacial score (nSPS) is 22.6. The van der Waals surface area contributed by atoms with Crippen LogP contribution in [0.3, 0.4) is 0 Å². The average Bonchev–Trinajstić information content (AvgIpc) is 2.87. The van der Waals surface area contributed by atoms with Crippen LogP contribution >= 0.6 is 0 Å². The highest BCUT2D eigenvalue weighted by Crippen LogP contribution is 2.44. The van der Waals surface area contributed by atoms with E-state index in [1.165, 1.54) is 40.4 Å². The number of rotatable bonds is 6. The van der Waals surface area contributed by atoms with E-state index in [0.717, 1.165) is 0 Å². The van der Waals surface area contributed by atoms with Crippen LogP contribution in [-0.4, -0.2) is 83.7 Å². The summed E-state index contributed by atoms with van der Waals surface area (Å²) in [4.78, 5) is 39.4. The van der Waals surface area contributed by atoms with E-state index in [1.54, 1.807) is 0 Å². The van der Waals surface area contributed by atoms with Gasteiger partial charge in [-0.2, -0.15) is 0 Å². The average molecular weight is 514 g/mol. The first-order valence-corrected chi connectivity index (χ1v) is 11.2. The van der Waals surface area contributed by atoms with Crippen molar-refractivity contribution in [3.05, 3.63) is 63.4 Å². The maximum atomic E-state index is 13.9. The third kappa shape index (κ3) is 3.91. The number of methoxy groups -OCH3 is 3. The van der Waals surface area contributed by atoms with Gasteiger partial charge >= 0.3 is 5.97 Å². The van der Waals surface area contributed by atoms with Crippen molar-refractivity contribution in [3.63, 3.8) is 0 Å². The Labute approximate surface area is 211 Å². The van der Waals surface area contributed by atoms with Crippen molar-refractivity contribution in [1.29, 1.82) is 0 Å². The van der Waals surface area contributed by atoms with E-state index in [1.807, 2.05) is 0 Å². The number of fused-ring (bicyclic) bond motifs is 2. The van der Waals surface area contributed by atoms with Crippen LogP contribution in [0.15, 0.2) is 24.5 Å². The molecule has 1 aliphatic carbocycles. The smallest absolute Gasteiger partial charge is 0.339 e. The summed E-state index contributed by atoms with van der Waals surface area (Å²) in [6.07, 6.45) is -5.73. The molecule has 11 nitrogen and oxygen atoms in total. The maximum Gasteiger partial charge on any atom is 0.339 e. The van der Waals surface area contributed by atoms with Gasteiger partial charge in [0.05, 0.1) is 32.5 Å². The topological polar surface area (TPSA) is 169 Å². The van der Waals surface area contributed by atoms with Gasteiger partial charge in [-0.3, -0.25) is 9.59 Å². The second-order valence-corrected chi connectivity index (χ2v) is 8.74. The van der Waals surface area contributed by atoms with Crippen molar-refractivity contribution in [2.75, 3.05) is 21.3 Å². The van der Waals surface area contributed by atoms with Crippen molar-refractivity contribution in [3.8, 4) is 17.2 Å². The number of hydrogen-bond donors (Lipinski definition) is 4. The van der Waals surface area contributed by atoms with E-state index in [0.29, 0.717) is 5.56 Å². The number of aliphatic hydroxyl groups excluding tert-OH is 3. The number of aliphatic hydroxyl groups is 3. The molecule has 4 N–H and O–H groups in total. The zero-order chi connectivity index (χ0) is 27.3. The lowest BCUT2D eigenvalue weighted by Crippen LogP contribution is -2.52. The highest BCUT2D eigenvalue weighted by atomic mass is 16.5. The fourth-order valence-electron chi connectivity index (χ4n) is 4.94. The molecule has 0 amide bonds. The third-order valence-corrected chi connectivity index (χ3v) is 6.75. The number of ketones is 2. The van der Waals surface area contributed by atoms with Gasteiger partial charge in [-0.25, -0.2) is 4.79 Å². The van der Waals surface area contributed by atoms with Crippen LogP contribution in [0.2, 0.25) is 0 Å². The molecule has 2 aromatic carbocycles. The molecule has 4 atom stereocenters. The SMILES string of the molecule is C=C1OC(Cc2cc(OC)c3c(c2OC)C(=O)c2c(cc(OC)c(C(=O)O)c2C)C3=O)[C@@H](O)[C@H](O)[C@H]1O. The number of carbonyl (C=O) groups excluding carboxylic acids is 2. The number of hydrogen-bond acceptors (Lipinski definition) is 10. The molecule has 1 saturated heterocycles. The summed E-state index contributed by atoms with van der Waals surface area (Å²) in [5, 5.41) is 40.3. The van der Waals surface area contributed by atoms with E-state index in [2.05, 4.69) is 6.58 Å². The lowest BCUT2D eigenvalue weighted by Gasteiger charge is -2.37. The summed E-state index contributed by atoms with van der Waals surface area (Å²) in [6, 6.07) is 2.68. The van der Waals surface area contributed by atoms with E-state index in [9.17, 15) is 34.8 Å². The molecule has 37 heavy (non-hydrogen) atoms. The van der Waals surface area contributed by atoms with Gasteiger partial charge in [0, 0.05) is 23.1 Å². The van der Waals surface area contributed by atoms with Crippen molar-refractivity contribution in [2.45, 2.75) is 37.8 Å². The Balaban J connectivity index is 1.92. The summed E-state index contributed by atoms with van der Waals surface area (Å²) >= 11 is 0. The Bertz CT molecular complexity index is 1340. The minimum atomic E-state index is -1.56. The number of ether oxygens (including phenoxy) is 4. The highest BCUT2D eigenvalue weighted by molar-refractivity contribution is 6.31. The number of carboxylic acid groups (broad SMARTS) is 1. The summed E-state index contributed by atoms with van der Waals surface area (Å²) in [5.74, 6) is -2.75. The Morgan fingerprint density at radius 3 is 2.16 bits per heavy atom. The molecule has 1 fully saturated rings. The Morgan fingerprint density at radius 2 is 1.59 bits per heavy atom. The van der Waals surface area contributed by atoms with Crippen LogP contribution in [-0.2, 0) is 11.2 Å². The number of carbonyl (C=O) groups is 3. The fraction of sp³-hybridized carbons (Fsp3) is 0.346. The minimum Gasteiger partial charge on any atom is -0.496 e. The lowest BCUT2D eigenvalue weighted by molar-refractivity contribution is -0.154. The summed E-state index contributed by atoms with van der Waals surface area (Å²) in [7, 11) is 3.86. The van der Waals surface area contributed by atoms with Crippen molar-refractivity contribution >= 4 is 17.5 Å². The van der Waals surface area contributed by atoms with Gasteiger partial charge in [-0.15, -0.1) is 0 Å².